The van der Waals surface area contributed by atoms with Crippen molar-refractivity contribution in [1.29, 1.82) is 0 Å². The molecule has 19 heavy (non-hydrogen) atoms. The zero-order valence-corrected chi connectivity index (χ0v) is 10.6. The van der Waals surface area contributed by atoms with E-state index in [4.69, 9.17) is 9.47 Å². The molecule has 0 atom stereocenters. The molecule has 0 N–H and O–H groups in total. The Morgan fingerprint density at radius 1 is 1.21 bits per heavy atom. The molecule has 0 saturated carbocycles. The van der Waals surface area contributed by atoms with Gasteiger partial charge >= 0.3 is 0 Å². The Bertz CT molecular complexity index is 526. The lowest BCUT2D eigenvalue weighted by atomic mass is 10.1. The Morgan fingerprint density at radius 3 is 2.89 bits per heavy atom. The summed E-state index contributed by atoms with van der Waals surface area (Å²) in [6, 6.07) is 5.12. The highest BCUT2D eigenvalue weighted by Crippen LogP contribution is 2.32. The number of ether oxygens (including phenoxy) is 2. The van der Waals surface area contributed by atoms with Gasteiger partial charge in [0.15, 0.2) is 17.3 Å². The molecule has 2 aliphatic heterocycles. The number of likely N-dealkylation sites (tertiary alicyclic amines) is 1. The molecule has 0 bridgehead atoms. The second-order valence-electron chi connectivity index (χ2n) is 4.76. The number of nitrogens with zero attached hydrogens (tertiary/aromatic N) is 1. The number of fused-ring (bicyclic) bond motifs is 1. The van der Waals surface area contributed by atoms with Gasteiger partial charge in [-0.2, -0.15) is 0 Å². The molecule has 1 aromatic rings. The van der Waals surface area contributed by atoms with Crippen LogP contribution in [0.3, 0.4) is 0 Å². The number of hydrogen-bond donors (Lipinski definition) is 0. The van der Waals surface area contributed by atoms with Crippen LogP contribution < -0.4 is 9.47 Å². The van der Waals surface area contributed by atoms with Crippen molar-refractivity contribution in [2.24, 2.45) is 0 Å². The third-order valence-electron chi connectivity index (χ3n) is 3.45. The highest BCUT2D eigenvalue weighted by molar-refractivity contribution is 6.00. The lowest BCUT2D eigenvalue weighted by molar-refractivity contribution is -0.132. The van der Waals surface area contributed by atoms with Gasteiger partial charge in [0, 0.05) is 18.5 Å². The van der Waals surface area contributed by atoms with Gasteiger partial charge in [-0.15, -0.1) is 0 Å². The topological polar surface area (TPSA) is 55.8 Å². The fraction of sp³-hybridized carbons (Fsp3) is 0.429. The van der Waals surface area contributed by atoms with E-state index in [1.165, 1.54) is 0 Å². The van der Waals surface area contributed by atoms with Crippen molar-refractivity contribution in [3.05, 3.63) is 23.8 Å². The second-order valence-corrected chi connectivity index (χ2v) is 4.76. The number of ketones is 1. The maximum Gasteiger partial charge on any atom is 0.231 e. The maximum absolute atomic E-state index is 12.2. The zero-order chi connectivity index (χ0) is 13.2. The fourth-order valence-electron chi connectivity index (χ4n) is 2.36. The monoisotopic (exact) mass is 261 g/mol. The standard InChI is InChI=1S/C14H15NO4/c16-11(8-15-6-2-1-3-14(15)17)10-4-5-12-13(7-10)19-9-18-12/h4-5,7H,1-3,6,8-9H2. The third kappa shape index (κ3) is 2.41. The number of carbonyl (C=O) groups excluding carboxylic acids is 2. The average molecular weight is 261 g/mol. The van der Waals surface area contributed by atoms with Crippen LogP contribution >= 0.6 is 0 Å². The van der Waals surface area contributed by atoms with Crippen molar-refractivity contribution in [3.63, 3.8) is 0 Å². The summed E-state index contributed by atoms with van der Waals surface area (Å²) in [6.07, 6.45) is 2.45. The molecule has 0 aliphatic carbocycles. The minimum atomic E-state index is -0.0615. The molecule has 1 aromatic carbocycles. The van der Waals surface area contributed by atoms with Gasteiger partial charge in [-0.3, -0.25) is 9.59 Å². The number of benzene rings is 1. The lowest BCUT2D eigenvalue weighted by Crippen LogP contribution is -2.39. The summed E-state index contributed by atoms with van der Waals surface area (Å²) in [4.78, 5) is 25.5. The van der Waals surface area contributed by atoms with Crippen molar-refractivity contribution in [1.82, 2.24) is 4.90 Å². The van der Waals surface area contributed by atoms with Gasteiger partial charge in [-0.25, -0.2) is 0 Å². The van der Waals surface area contributed by atoms with Crippen LogP contribution in [0.1, 0.15) is 29.6 Å². The first-order valence-electron chi connectivity index (χ1n) is 6.45. The maximum atomic E-state index is 12.2. The van der Waals surface area contributed by atoms with Crippen molar-refractivity contribution < 1.29 is 19.1 Å². The number of Topliss-reactive ketones (excluding diaryl/α,β-unsaturated/α-hetero) is 1. The number of amides is 1. The van der Waals surface area contributed by atoms with Crippen LogP contribution in [-0.2, 0) is 4.79 Å². The molecule has 2 aliphatic rings. The predicted molar refractivity (Wildman–Crippen MR) is 67.3 cm³/mol. The first-order valence-corrected chi connectivity index (χ1v) is 6.45. The zero-order valence-electron chi connectivity index (χ0n) is 10.6. The highest BCUT2D eigenvalue weighted by atomic mass is 16.7. The normalized spacial score (nSPS) is 17.7. The van der Waals surface area contributed by atoms with Gasteiger partial charge in [0.25, 0.3) is 0 Å². The molecule has 1 fully saturated rings. The van der Waals surface area contributed by atoms with E-state index in [2.05, 4.69) is 0 Å². The van der Waals surface area contributed by atoms with Gasteiger partial charge in [0.05, 0.1) is 6.54 Å². The Kier molecular flexibility index (Phi) is 3.11. The molecular weight excluding hydrogens is 246 g/mol. The molecule has 0 aromatic heterocycles. The van der Waals surface area contributed by atoms with E-state index < -0.39 is 0 Å². The first kappa shape index (κ1) is 12.0. The molecule has 5 heteroatoms. The summed E-state index contributed by atoms with van der Waals surface area (Å²) >= 11 is 0. The highest BCUT2D eigenvalue weighted by Gasteiger charge is 2.22. The van der Waals surface area contributed by atoms with Gasteiger partial charge < -0.3 is 14.4 Å². The Labute approximate surface area is 111 Å². The van der Waals surface area contributed by atoms with E-state index >= 15 is 0 Å². The van der Waals surface area contributed by atoms with E-state index in [0.717, 1.165) is 12.8 Å². The lowest BCUT2D eigenvalue weighted by Gasteiger charge is -2.25. The molecule has 1 saturated heterocycles. The number of piperidine rings is 1. The van der Waals surface area contributed by atoms with Crippen LogP contribution in [0.2, 0.25) is 0 Å². The molecule has 5 nitrogen and oxygen atoms in total. The number of rotatable bonds is 3. The summed E-state index contributed by atoms with van der Waals surface area (Å²) in [5.74, 6) is 1.26. The van der Waals surface area contributed by atoms with Gasteiger partial charge in [-0.1, -0.05) is 0 Å². The summed E-state index contributed by atoms with van der Waals surface area (Å²) in [7, 11) is 0. The van der Waals surface area contributed by atoms with Crippen molar-refractivity contribution in [2.45, 2.75) is 19.3 Å². The largest absolute Gasteiger partial charge is 0.454 e. The third-order valence-corrected chi connectivity index (χ3v) is 3.45. The van der Waals surface area contributed by atoms with E-state index in [9.17, 15) is 9.59 Å². The van der Waals surface area contributed by atoms with Crippen molar-refractivity contribution in [3.8, 4) is 11.5 Å². The molecular formula is C14H15NO4. The van der Waals surface area contributed by atoms with Crippen LogP contribution in [-0.4, -0.2) is 36.5 Å². The van der Waals surface area contributed by atoms with E-state index in [1.807, 2.05) is 0 Å². The molecule has 0 radical (unpaired) electrons. The Balaban J connectivity index is 1.71. The first-order chi connectivity index (χ1) is 9.24. The Morgan fingerprint density at radius 2 is 2.05 bits per heavy atom. The van der Waals surface area contributed by atoms with Crippen molar-refractivity contribution >= 4 is 11.7 Å². The summed E-state index contributed by atoms with van der Waals surface area (Å²) in [5.41, 5.74) is 0.558. The molecule has 1 amide bonds. The van der Waals surface area contributed by atoms with E-state index in [0.29, 0.717) is 30.0 Å². The second kappa shape index (κ2) is 4.91. The van der Waals surface area contributed by atoms with Gasteiger partial charge in [0.2, 0.25) is 12.7 Å². The summed E-state index contributed by atoms with van der Waals surface area (Å²) in [6.45, 7) is 1.02. The molecule has 0 spiro atoms. The van der Waals surface area contributed by atoms with Gasteiger partial charge in [0.1, 0.15) is 0 Å². The average Bonchev–Trinajstić information content (AvgIpc) is 2.88. The van der Waals surface area contributed by atoms with Gasteiger partial charge in [-0.05, 0) is 31.0 Å². The Hall–Kier alpha value is -2.04. The molecule has 100 valence electrons. The fourth-order valence-corrected chi connectivity index (χ4v) is 2.36. The van der Waals surface area contributed by atoms with Crippen LogP contribution in [0.5, 0.6) is 11.5 Å². The van der Waals surface area contributed by atoms with Crippen molar-refractivity contribution in [2.75, 3.05) is 19.9 Å². The number of hydrogen-bond acceptors (Lipinski definition) is 4. The molecule has 2 heterocycles. The minimum absolute atomic E-state index is 0.0615. The van der Waals surface area contributed by atoms with Crippen LogP contribution in [0, 0.1) is 0 Å². The van der Waals surface area contributed by atoms with Crippen LogP contribution in [0.15, 0.2) is 18.2 Å². The van der Waals surface area contributed by atoms with Crippen LogP contribution in [0.25, 0.3) is 0 Å². The summed E-state index contributed by atoms with van der Waals surface area (Å²) < 4.78 is 10.4. The van der Waals surface area contributed by atoms with E-state index in [1.54, 1.807) is 23.1 Å². The van der Waals surface area contributed by atoms with Crippen LogP contribution in [0.4, 0.5) is 0 Å². The van der Waals surface area contributed by atoms with E-state index in [-0.39, 0.29) is 25.0 Å². The number of carbonyl (C=O) groups is 2. The quantitative estimate of drug-likeness (QED) is 0.776. The molecule has 3 rings (SSSR count). The minimum Gasteiger partial charge on any atom is -0.454 e. The molecule has 0 unspecified atom stereocenters. The predicted octanol–water partition coefficient (Wildman–Crippen LogP) is 1.61. The SMILES string of the molecule is O=C(CN1CCCCC1=O)c1ccc2c(c1)OCO2. The summed E-state index contributed by atoms with van der Waals surface area (Å²) in [5, 5.41) is 0. The smallest absolute Gasteiger partial charge is 0.231 e.